The van der Waals surface area contributed by atoms with Crippen LogP contribution in [0.4, 0.5) is 0 Å². The Labute approximate surface area is 146 Å². The van der Waals surface area contributed by atoms with Crippen LogP contribution in [0, 0.1) is 0 Å². The lowest BCUT2D eigenvalue weighted by Crippen LogP contribution is -2.20. The first kappa shape index (κ1) is 17.0. The summed E-state index contributed by atoms with van der Waals surface area (Å²) in [4.78, 5) is 23.3. The first-order valence-corrected chi connectivity index (χ1v) is 8.12. The van der Waals surface area contributed by atoms with E-state index >= 15 is 0 Å². The molecular formula is C17H22N8. The molecule has 0 amide bonds. The number of aromatic amines is 1. The Morgan fingerprint density at radius 1 is 1.44 bits per heavy atom. The second kappa shape index (κ2) is 7.80. The van der Waals surface area contributed by atoms with E-state index in [-0.39, 0.29) is 0 Å². The molecule has 1 aliphatic heterocycles. The lowest BCUT2D eigenvalue weighted by Gasteiger charge is -2.12. The predicted octanol–water partition coefficient (Wildman–Crippen LogP) is 1.80. The van der Waals surface area contributed by atoms with E-state index in [0.717, 1.165) is 22.8 Å². The molecule has 1 aliphatic rings. The van der Waals surface area contributed by atoms with Crippen molar-refractivity contribution in [2.75, 3.05) is 13.7 Å². The van der Waals surface area contributed by atoms with Crippen LogP contribution < -0.4 is 0 Å². The Kier molecular flexibility index (Phi) is 5.30. The molecule has 0 aliphatic carbocycles. The summed E-state index contributed by atoms with van der Waals surface area (Å²) in [6, 6.07) is 0. The average molecular weight is 338 g/mol. The molecule has 0 fully saturated rings. The van der Waals surface area contributed by atoms with Crippen LogP contribution >= 0.6 is 0 Å². The number of rotatable bonds is 5. The molecule has 0 bridgehead atoms. The van der Waals surface area contributed by atoms with Crippen molar-refractivity contribution in [2.45, 2.75) is 19.9 Å². The van der Waals surface area contributed by atoms with E-state index in [1.54, 1.807) is 10.9 Å². The zero-order chi connectivity index (χ0) is 17.6. The summed E-state index contributed by atoms with van der Waals surface area (Å²) < 4.78 is 1.77. The van der Waals surface area contributed by atoms with Gasteiger partial charge in [0.1, 0.15) is 11.5 Å². The van der Waals surface area contributed by atoms with Gasteiger partial charge in [0.25, 0.3) is 0 Å². The number of aryl methyl sites for hydroxylation is 1. The second-order valence-corrected chi connectivity index (χ2v) is 5.82. The monoisotopic (exact) mass is 338 g/mol. The van der Waals surface area contributed by atoms with Crippen molar-refractivity contribution >= 4 is 17.8 Å². The van der Waals surface area contributed by atoms with E-state index in [9.17, 15) is 0 Å². The van der Waals surface area contributed by atoms with E-state index in [2.05, 4.69) is 30.0 Å². The van der Waals surface area contributed by atoms with Gasteiger partial charge in [0, 0.05) is 43.8 Å². The molecule has 3 rings (SSSR count). The summed E-state index contributed by atoms with van der Waals surface area (Å²) in [7, 11) is 3.89. The Morgan fingerprint density at radius 3 is 3.00 bits per heavy atom. The highest BCUT2D eigenvalue weighted by Crippen LogP contribution is 2.12. The number of aliphatic imine (C=N–C) groups is 3. The number of H-pyrrole nitrogens is 1. The molecule has 2 aromatic heterocycles. The molecule has 25 heavy (non-hydrogen) atoms. The summed E-state index contributed by atoms with van der Waals surface area (Å²) in [5, 5.41) is 4.22. The topological polar surface area (TPSA) is 86.8 Å². The minimum atomic E-state index is 0.507. The molecule has 2 aromatic rings. The zero-order valence-electron chi connectivity index (χ0n) is 14.7. The fourth-order valence-corrected chi connectivity index (χ4v) is 2.47. The van der Waals surface area contributed by atoms with Gasteiger partial charge in [-0.25, -0.2) is 15.0 Å². The molecule has 0 atom stereocenters. The minimum absolute atomic E-state index is 0.507. The van der Waals surface area contributed by atoms with Gasteiger partial charge < -0.3 is 4.98 Å². The minimum Gasteiger partial charge on any atom is -0.348 e. The van der Waals surface area contributed by atoms with Crippen LogP contribution in [-0.4, -0.2) is 56.1 Å². The van der Waals surface area contributed by atoms with Gasteiger partial charge in [-0.15, -0.1) is 0 Å². The molecule has 8 heteroatoms. The van der Waals surface area contributed by atoms with Crippen LogP contribution in [0.1, 0.15) is 24.7 Å². The Hall–Kier alpha value is -2.87. The van der Waals surface area contributed by atoms with E-state index in [4.69, 9.17) is 4.99 Å². The first-order valence-electron chi connectivity index (χ1n) is 8.12. The maximum absolute atomic E-state index is 4.75. The number of nitrogens with zero attached hydrogens (tertiary/aromatic N) is 7. The van der Waals surface area contributed by atoms with Crippen LogP contribution in [0.3, 0.4) is 0 Å². The van der Waals surface area contributed by atoms with Gasteiger partial charge in [0.2, 0.25) is 0 Å². The molecule has 0 saturated heterocycles. The van der Waals surface area contributed by atoms with Crippen molar-refractivity contribution in [1.29, 1.82) is 0 Å². The number of hydrogen-bond acceptors (Lipinski definition) is 5. The molecule has 0 radical (unpaired) electrons. The van der Waals surface area contributed by atoms with E-state index < -0.39 is 0 Å². The van der Waals surface area contributed by atoms with Crippen LogP contribution in [0.15, 0.2) is 51.5 Å². The van der Waals surface area contributed by atoms with Crippen LogP contribution in [0.25, 0.3) is 0 Å². The molecule has 0 saturated carbocycles. The highest BCUT2D eigenvalue weighted by Gasteiger charge is 2.13. The van der Waals surface area contributed by atoms with Gasteiger partial charge in [0.05, 0.1) is 25.1 Å². The highest BCUT2D eigenvalue weighted by atomic mass is 15.2. The van der Waals surface area contributed by atoms with Crippen LogP contribution in [0.2, 0.25) is 0 Å². The van der Waals surface area contributed by atoms with Crippen LogP contribution in [-0.2, 0) is 13.6 Å². The second-order valence-electron chi connectivity index (χ2n) is 5.82. The van der Waals surface area contributed by atoms with E-state index in [1.165, 1.54) is 0 Å². The van der Waals surface area contributed by atoms with Gasteiger partial charge in [-0.3, -0.25) is 14.6 Å². The van der Waals surface area contributed by atoms with Gasteiger partial charge in [-0.2, -0.15) is 5.10 Å². The van der Waals surface area contributed by atoms with Crippen molar-refractivity contribution in [3.63, 3.8) is 0 Å². The predicted molar refractivity (Wildman–Crippen MR) is 99.0 cm³/mol. The Morgan fingerprint density at radius 2 is 2.32 bits per heavy atom. The molecule has 0 unspecified atom stereocenters. The van der Waals surface area contributed by atoms with Gasteiger partial charge >= 0.3 is 0 Å². The fraction of sp³-hybridized carbons (Fsp3) is 0.353. The molecule has 0 aromatic carbocycles. The van der Waals surface area contributed by atoms with Gasteiger partial charge in [-0.1, -0.05) is 6.08 Å². The number of hydrogen-bond donors (Lipinski definition) is 1. The highest BCUT2D eigenvalue weighted by molar-refractivity contribution is 6.17. The number of nitrogens with one attached hydrogen (secondary N) is 1. The summed E-state index contributed by atoms with van der Waals surface area (Å²) in [5.41, 5.74) is 2.69. The van der Waals surface area contributed by atoms with Crippen molar-refractivity contribution < 1.29 is 0 Å². The third-order valence-electron chi connectivity index (χ3n) is 3.73. The van der Waals surface area contributed by atoms with Crippen LogP contribution in [0.5, 0.6) is 0 Å². The summed E-state index contributed by atoms with van der Waals surface area (Å²) >= 11 is 0. The maximum Gasteiger partial charge on any atom is 0.174 e. The Bertz CT molecular complexity index is 823. The molecule has 1 N–H and O–H groups in total. The van der Waals surface area contributed by atoms with Gasteiger partial charge in [-0.05, 0) is 14.0 Å². The number of allylic oxidation sites excluding steroid dienone is 1. The quantitative estimate of drug-likeness (QED) is 0.902. The molecule has 3 heterocycles. The van der Waals surface area contributed by atoms with Crippen molar-refractivity contribution in [1.82, 2.24) is 24.6 Å². The third kappa shape index (κ3) is 4.36. The van der Waals surface area contributed by atoms with Gasteiger partial charge in [0.15, 0.2) is 5.84 Å². The SMILES string of the molecule is C/C=C1/N=CCC(c2cnn(C)c2)=N/C1=N/CN(C)Cc1ncc[nH]1. The molecule has 130 valence electrons. The van der Waals surface area contributed by atoms with Crippen molar-refractivity contribution in [3.8, 4) is 0 Å². The zero-order valence-corrected chi connectivity index (χ0v) is 14.7. The van der Waals surface area contributed by atoms with E-state index in [1.807, 2.05) is 51.9 Å². The lowest BCUT2D eigenvalue weighted by atomic mass is 10.2. The maximum atomic E-state index is 4.75. The van der Waals surface area contributed by atoms with Crippen molar-refractivity contribution in [2.24, 2.45) is 22.0 Å². The standard InChI is InChI=1S/C17H22N8/c1-4-14-17(21-12-24(2)11-16-19-7-8-20-16)23-15(5-6-18-14)13-9-22-25(3)10-13/h4,6-10H,5,11-12H2,1-3H3,(H,19,20)/b14-4+,21-17+. The average Bonchev–Trinajstić information content (AvgIpc) is 3.21. The molecular weight excluding hydrogens is 316 g/mol. The number of aromatic nitrogens is 4. The van der Waals surface area contributed by atoms with E-state index in [0.29, 0.717) is 25.5 Å². The number of imidazole rings is 1. The summed E-state index contributed by atoms with van der Waals surface area (Å²) in [6.07, 6.45) is 11.8. The normalized spacial score (nSPS) is 18.2. The fourth-order valence-electron chi connectivity index (χ4n) is 2.47. The van der Waals surface area contributed by atoms with Crippen molar-refractivity contribution in [3.05, 3.63) is 47.9 Å². The summed E-state index contributed by atoms with van der Waals surface area (Å²) in [6.45, 7) is 3.14. The third-order valence-corrected chi connectivity index (χ3v) is 3.73. The molecule has 0 spiro atoms. The molecule has 8 nitrogen and oxygen atoms in total. The Balaban J connectivity index is 1.80. The lowest BCUT2D eigenvalue weighted by molar-refractivity contribution is 0.331. The smallest absolute Gasteiger partial charge is 0.174 e. The first-order chi connectivity index (χ1) is 12.2. The largest absolute Gasteiger partial charge is 0.348 e. The summed E-state index contributed by atoms with van der Waals surface area (Å²) in [5.74, 6) is 1.55. The number of amidine groups is 1.